The van der Waals surface area contributed by atoms with Gasteiger partial charge in [0.1, 0.15) is 55.0 Å². The lowest BCUT2D eigenvalue weighted by Gasteiger charge is -2.36. The average Bonchev–Trinajstić information content (AvgIpc) is 1.62. The number of aromatic nitrogens is 16. The Morgan fingerprint density at radius 2 is 0.849 bits per heavy atom. The van der Waals surface area contributed by atoms with Crippen LogP contribution in [0.1, 0.15) is 47.8 Å². The molecule has 4 aromatic carbocycles. The first-order chi connectivity index (χ1) is 67.5. The number of halogens is 3. The molecule has 1 unspecified atom stereocenters. The van der Waals surface area contributed by atoms with Gasteiger partial charge >= 0.3 is 6.18 Å². The number of aliphatic hydroxyl groups is 3. The number of fused-ring (bicyclic) bond motifs is 5. The topological polar surface area (TPSA) is 380 Å². The molecule has 5 saturated heterocycles. The third-order valence-corrected chi connectivity index (χ3v) is 28.0. The molecule has 37 nitrogen and oxygen atoms in total. The second-order valence-electron chi connectivity index (χ2n) is 34.2. The van der Waals surface area contributed by atoms with Crippen LogP contribution in [0.5, 0.6) is 23.1 Å². The molecule has 18 heterocycles. The summed E-state index contributed by atoms with van der Waals surface area (Å²) in [4.78, 5) is 67.8. The summed E-state index contributed by atoms with van der Waals surface area (Å²) in [6.07, 6.45) is 25.5. The van der Waals surface area contributed by atoms with Crippen molar-refractivity contribution in [3.05, 3.63) is 205 Å². The minimum atomic E-state index is -4.86. The van der Waals surface area contributed by atoms with Gasteiger partial charge in [-0.15, -0.1) is 34.0 Å². The Kier molecular flexibility index (Phi) is 28.0. The van der Waals surface area contributed by atoms with Crippen LogP contribution in [0.25, 0.3) is 65.6 Å². The van der Waals surface area contributed by atoms with E-state index < -0.39 is 28.0 Å². The molecule has 1 atom stereocenters. The first-order valence-electron chi connectivity index (χ1n) is 45.3. The molecule has 0 radical (unpaired) electrons. The lowest BCUT2D eigenvalue weighted by molar-refractivity contribution is -0.258. The number of rotatable bonds is 25. The van der Waals surface area contributed by atoms with E-state index >= 15 is 0 Å². The largest absolute Gasteiger partial charge is 0.495 e. The third kappa shape index (κ3) is 21.1. The zero-order valence-corrected chi connectivity index (χ0v) is 79.8. The normalized spacial score (nSPS) is 16.1. The Balaban J connectivity index is 0.000000118. The van der Waals surface area contributed by atoms with Crippen molar-refractivity contribution in [1.82, 2.24) is 82.3 Å². The molecule has 0 spiro atoms. The second-order valence-corrected chi connectivity index (χ2v) is 37.3. The van der Waals surface area contributed by atoms with Crippen LogP contribution in [0, 0.1) is 0 Å². The van der Waals surface area contributed by atoms with E-state index in [1.807, 2.05) is 99.0 Å². The molecular formula is C96H104F3N25O12S3. The van der Waals surface area contributed by atoms with Gasteiger partial charge < -0.3 is 116 Å². The van der Waals surface area contributed by atoms with Crippen molar-refractivity contribution in [1.29, 1.82) is 0 Å². The van der Waals surface area contributed by atoms with E-state index in [0.29, 0.717) is 119 Å². The molecule has 22 rings (SSSR count). The lowest BCUT2D eigenvalue weighted by atomic mass is 10.0. The number of imidazole rings is 4. The molecule has 0 saturated carbocycles. The molecule has 0 bridgehead atoms. The number of nitrogens with one attached hydrogen (secondary N) is 4. The fourth-order valence-electron chi connectivity index (χ4n) is 16.6. The zero-order valence-electron chi connectivity index (χ0n) is 77.3. The summed E-state index contributed by atoms with van der Waals surface area (Å²) in [6.45, 7) is 20.4. The van der Waals surface area contributed by atoms with E-state index in [9.17, 15) is 28.5 Å². The summed E-state index contributed by atoms with van der Waals surface area (Å²) in [5.41, 5.74) is 10.1. The Bertz CT molecular complexity index is 6960. The van der Waals surface area contributed by atoms with Crippen molar-refractivity contribution in [2.45, 2.75) is 56.6 Å². The maximum Gasteiger partial charge on any atom is 0.423 e. The summed E-state index contributed by atoms with van der Waals surface area (Å²) in [5.74, 6) is 5.34. The summed E-state index contributed by atoms with van der Waals surface area (Å²) >= 11 is 3.57. The molecule has 139 heavy (non-hydrogen) atoms. The lowest BCUT2D eigenvalue weighted by Crippen LogP contribution is -2.47. The predicted octanol–water partition coefficient (Wildman–Crippen LogP) is 14.2. The summed E-state index contributed by atoms with van der Waals surface area (Å²) in [5, 5.41) is 45.2. The van der Waals surface area contributed by atoms with E-state index in [1.165, 1.54) is 34.6 Å². The van der Waals surface area contributed by atoms with Crippen LogP contribution in [-0.4, -0.2) is 270 Å². The summed E-state index contributed by atoms with van der Waals surface area (Å²) in [7, 11) is 6.72. The molecule has 724 valence electrons. The number of anilines is 12. The second kappa shape index (κ2) is 41.2. The van der Waals surface area contributed by atoms with Crippen LogP contribution >= 0.6 is 34.0 Å². The van der Waals surface area contributed by atoms with Gasteiger partial charge in [-0.05, 0) is 100 Å². The number of piperazine rings is 1. The van der Waals surface area contributed by atoms with E-state index in [1.54, 1.807) is 96.3 Å². The van der Waals surface area contributed by atoms with Gasteiger partial charge in [0.25, 0.3) is 0 Å². The van der Waals surface area contributed by atoms with Crippen LogP contribution in [0.4, 0.5) is 81.9 Å². The SMILES string of the molecule is COCCN1CCN(c2ccc(Nc3nc(-c4cnc5c(c4)CCCO5)cn4ccnc34)cc2)CC1.COc1cc(Nc2nc(-c3cnc(C(C)(C)O)s3)cn3ccnc23)ccc1N1CCOCC1.COc1cc(Nc2nc(-c3cnc(C(C)(O)C(F)(F)F)s3)cn3ccnc23)ccc1N1CCOCC1.COc1cc(Nc2nc(-c3cnc(C4(O)COC4)s3)cn3ccnc23)ccc1N1CCOCC1. The highest BCUT2D eigenvalue weighted by atomic mass is 32.1. The molecule has 0 aliphatic carbocycles. The van der Waals surface area contributed by atoms with Crippen molar-refractivity contribution in [3.8, 4) is 66.1 Å². The van der Waals surface area contributed by atoms with Crippen molar-refractivity contribution in [3.63, 3.8) is 0 Å². The maximum absolute atomic E-state index is 13.3. The fourth-order valence-corrected chi connectivity index (χ4v) is 19.3. The number of morpholine rings is 3. The van der Waals surface area contributed by atoms with Gasteiger partial charge in [0.15, 0.2) is 51.5 Å². The number of aryl methyl sites for hydroxylation is 1. The number of benzene rings is 4. The summed E-state index contributed by atoms with van der Waals surface area (Å²) in [6, 6.07) is 28.5. The van der Waals surface area contributed by atoms with E-state index in [2.05, 4.69) is 133 Å². The molecule has 6 aliphatic heterocycles. The Morgan fingerprint density at radius 3 is 1.27 bits per heavy atom. The Labute approximate surface area is 808 Å². The van der Waals surface area contributed by atoms with E-state index in [0.717, 1.165) is 204 Å². The molecule has 16 aromatic rings. The minimum Gasteiger partial charge on any atom is -0.495 e. The van der Waals surface area contributed by atoms with Crippen LogP contribution < -0.4 is 59.8 Å². The van der Waals surface area contributed by atoms with Crippen LogP contribution in [0.2, 0.25) is 0 Å². The maximum atomic E-state index is 13.3. The number of hydrogen-bond donors (Lipinski definition) is 7. The molecule has 43 heteroatoms. The van der Waals surface area contributed by atoms with Crippen molar-refractivity contribution >= 4 is 125 Å². The molecule has 0 amide bonds. The predicted molar refractivity (Wildman–Crippen MR) is 526 cm³/mol. The van der Waals surface area contributed by atoms with Crippen molar-refractivity contribution < 1.29 is 71.1 Å². The molecule has 12 aromatic heterocycles. The number of methoxy groups -OCH3 is 4. The smallest absolute Gasteiger partial charge is 0.423 e. The number of thiazole rings is 3. The van der Waals surface area contributed by atoms with Gasteiger partial charge in [-0.2, -0.15) is 13.2 Å². The number of pyridine rings is 1. The summed E-state index contributed by atoms with van der Waals surface area (Å²) < 4.78 is 96.8. The van der Waals surface area contributed by atoms with Gasteiger partial charge in [0, 0.05) is 236 Å². The monoisotopic (exact) mass is 1950 g/mol. The minimum absolute atomic E-state index is 0.267. The number of hydrogen-bond acceptors (Lipinski definition) is 36. The molecule has 7 N–H and O–H groups in total. The van der Waals surface area contributed by atoms with Gasteiger partial charge in [0.05, 0.1) is 125 Å². The van der Waals surface area contributed by atoms with Gasteiger partial charge in [0.2, 0.25) is 11.5 Å². The van der Waals surface area contributed by atoms with Gasteiger partial charge in [-0.1, -0.05) is 0 Å². The van der Waals surface area contributed by atoms with E-state index in [4.69, 9.17) is 57.6 Å². The van der Waals surface area contributed by atoms with Crippen molar-refractivity contribution in [2.75, 3.05) is 207 Å². The quantitative estimate of drug-likeness (QED) is 0.0279. The van der Waals surface area contributed by atoms with Gasteiger partial charge in [-0.3, -0.25) is 4.90 Å². The highest BCUT2D eigenvalue weighted by Gasteiger charge is 2.53. The van der Waals surface area contributed by atoms with Crippen LogP contribution in [-0.2, 0) is 46.9 Å². The van der Waals surface area contributed by atoms with Crippen LogP contribution in [0.3, 0.4) is 0 Å². The van der Waals surface area contributed by atoms with E-state index in [-0.39, 0.29) is 13.2 Å². The molecule has 5 fully saturated rings. The van der Waals surface area contributed by atoms with Crippen molar-refractivity contribution in [2.24, 2.45) is 0 Å². The standard InChI is InChI=1S/C27H31N7O2.C23H23F3N6O3S.C23H24N6O4S.C23H26N6O3S/c1-35-16-14-32-10-12-33(13-11-32)23-6-4-22(5-7-23)30-25-26-28-8-9-34(26)19-24(31-25)21-17-20-3-2-15-36-27(20)29-18-21;1-22(33,23(24,25)26)21-28-12-18(36-21)15-13-32-6-5-27-20(32)19(30-15)29-14-3-4-16(17(11-14)34-2)31-7-9-35-10-8-31;1-31-18-10-15(2-3-17(18)28-6-8-32-9-7-28)26-20-21-24-4-5-29(21)12-16(27-20)19-11-25-22(34-19)23(30)13-33-14-23;1-23(2,30)22-25-13-19(33-22)16-14-29-7-6-24-21(29)20(27-16)26-15-4-5-17(18(12-15)31-3)28-8-10-32-11-9-28/h4-9,17-19H,2-3,10-16H2,1H3,(H,30,31);3-6,11-13,33H,7-10H2,1-2H3,(H,29,30);2-5,10-12,30H,6-9,13-14H2,1H3,(H,26,27);4-7,12-14,30H,8-11H2,1-3H3,(H,26,27). The number of alkyl halides is 3. The molecular weight excluding hydrogens is 1850 g/mol. The Morgan fingerprint density at radius 1 is 0.439 bits per heavy atom. The number of ether oxygens (including phenoxy) is 9. The fraction of sp³-hybridized carbons (Fsp3) is 0.354. The first kappa shape index (κ1) is 94.4. The highest BCUT2D eigenvalue weighted by Crippen LogP contribution is 2.45. The Hall–Kier alpha value is -13.6. The van der Waals surface area contributed by atoms with Crippen LogP contribution in [0.15, 0.2) is 184 Å². The first-order valence-corrected chi connectivity index (χ1v) is 47.8. The third-order valence-electron chi connectivity index (χ3n) is 24.3. The number of nitrogens with zero attached hydrogens (tertiary/aromatic N) is 21. The van der Waals surface area contributed by atoms with Gasteiger partial charge in [-0.25, -0.2) is 59.8 Å². The zero-order chi connectivity index (χ0) is 95.9. The highest BCUT2D eigenvalue weighted by molar-refractivity contribution is 7.15. The molecule has 6 aliphatic rings. The average molecular weight is 1950 g/mol.